The smallest absolute Gasteiger partial charge is 0.338 e. The zero-order chi connectivity index (χ0) is 17.1. The van der Waals surface area contributed by atoms with Crippen molar-refractivity contribution in [1.29, 1.82) is 0 Å². The SMILES string of the molecule is COC(=O)c1ccccc1Cn1ccnc1-c1ccc(Cl)cc1Cl. The lowest BCUT2D eigenvalue weighted by Crippen LogP contribution is -2.09. The number of esters is 1. The van der Waals surface area contributed by atoms with Gasteiger partial charge in [-0.3, -0.25) is 0 Å². The molecule has 0 aliphatic heterocycles. The standard InChI is InChI=1S/C18H14Cl2N2O2/c1-24-18(23)14-5-3-2-4-12(14)11-22-9-8-21-17(22)15-7-6-13(19)10-16(15)20/h2-10H,11H2,1H3. The predicted molar refractivity (Wildman–Crippen MR) is 94.6 cm³/mol. The van der Waals surface area contributed by atoms with E-state index in [1.54, 1.807) is 30.5 Å². The van der Waals surface area contributed by atoms with Crippen molar-refractivity contribution in [1.82, 2.24) is 9.55 Å². The van der Waals surface area contributed by atoms with Crippen molar-refractivity contribution in [3.05, 3.63) is 76.0 Å². The third kappa shape index (κ3) is 3.30. The van der Waals surface area contributed by atoms with Crippen LogP contribution in [-0.4, -0.2) is 22.6 Å². The van der Waals surface area contributed by atoms with Gasteiger partial charge in [0.1, 0.15) is 5.82 Å². The van der Waals surface area contributed by atoms with E-state index in [4.69, 9.17) is 27.9 Å². The van der Waals surface area contributed by atoms with Crippen LogP contribution in [0.25, 0.3) is 11.4 Å². The van der Waals surface area contributed by atoms with E-state index >= 15 is 0 Å². The lowest BCUT2D eigenvalue weighted by molar-refractivity contribution is 0.0599. The molecule has 4 nitrogen and oxygen atoms in total. The molecule has 0 radical (unpaired) electrons. The highest BCUT2D eigenvalue weighted by atomic mass is 35.5. The van der Waals surface area contributed by atoms with Crippen LogP contribution in [0.3, 0.4) is 0 Å². The Balaban J connectivity index is 1.99. The highest BCUT2D eigenvalue weighted by Crippen LogP contribution is 2.29. The van der Waals surface area contributed by atoms with Crippen LogP contribution in [0.2, 0.25) is 10.0 Å². The summed E-state index contributed by atoms with van der Waals surface area (Å²) in [5.41, 5.74) is 2.15. The number of hydrogen-bond donors (Lipinski definition) is 0. The van der Waals surface area contributed by atoms with Gasteiger partial charge in [0.15, 0.2) is 0 Å². The number of nitrogens with zero attached hydrogens (tertiary/aromatic N) is 2. The number of halogens is 2. The zero-order valence-corrected chi connectivity index (χ0v) is 14.4. The van der Waals surface area contributed by atoms with Crippen LogP contribution >= 0.6 is 23.2 Å². The Morgan fingerprint density at radius 2 is 2.00 bits per heavy atom. The average Bonchev–Trinajstić information content (AvgIpc) is 3.02. The van der Waals surface area contributed by atoms with E-state index in [0.717, 1.165) is 11.1 Å². The van der Waals surface area contributed by atoms with Crippen LogP contribution in [0.4, 0.5) is 0 Å². The number of hydrogen-bond acceptors (Lipinski definition) is 3. The average molecular weight is 361 g/mol. The number of benzene rings is 2. The Labute approximate surface area is 149 Å². The molecule has 6 heteroatoms. The molecule has 0 fully saturated rings. The van der Waals surface area contributed by atoms with E-state index in [9.17, 15) is 4.79 Å². The first kappa shape index (κ1) is 16.6. The molecule has 0 N–H and O–H groups in total. The van der Waals surface area contributed by atoms with Gasteiger partial charge in [-0.2, -0.15) is 0 Å². The maximum atomic E-state index is 11.9. The molecule has 0 saturated heterocycles. The summed E-state index contributed by atoms with van der Waals surface area (Å²) in [7, 11) is 1.37. The molecular formula is C18H14Cl2N2O2. The maximum Gasteiger partial charge on any atom is 0.338 e. The number of aromatic nitrogens is 2. The molecule has 24 heavy (non-hydrogen) atoms. The molecule has 0 spiro atoms. The molecule has 122 valence electrons. The van der Waals surface area contributed by atoms with Crippen LogP contribution in [0.15, 0.2) is 54.9 Å². The van der Waals surface area contributed by atoms with Crippen molar-refractivity contribution >= 4 is 29.2 Å². The minimum absolute atomic E-state index is 0.364. The summed E-state index contributed by atoms with van der Waals surface area (Å²) in [5, 5.41) is 1.09. The largest absolute Gasteiger partial charge is 0.465 e. The van der Waals surface area contributed by atoms with Gasteiger partial charge in [-0.25, -0.2) is 9.78 Å². The van der Waals surface area contributed by atoms with Crippen molar-refractivity contribution < 1.29 is 9.53 Å². The molecule has 1 heterocycles. The van der Waals surface area contributed by atoms with E-state index < -0.39 is 0 Å². The predicted octanol–water partition coefficient (Wildman–Crippen LogP) is 4.69. The third-order valence-corrected chi connectivity index (χ3v) is 4.20. The molecule has 0 atom stereocenters. The normalized spacial score (nSPS) is 10.6. The van der Waals surface area contributed by atoms with E-state index in [1.165, 1.54) is 7.11 Å². The fourth-order valence-corrected chi connectivity index (χ4v) is 3.00. The van der Waals surface area contributed by atoms with Crippen molar-refractivity contribution in [3.8, 4) is 11.4 Å². The first-order valence-corrected chi connectivity index (χ1v) is 7.98. The quantitative estimate of drug-likeness (QED) is 0.633. The Hall–Kier alpha value is -2.30. The fraction of sp³-hybridized carbons (Fsp3) is 0.111. The second-order valence-electron chi connectivity index (χ2n) is 5.15. The van der Waals surface area contributed by atoms with Gasteiger partial charge in [-0.05, 0) is 29.8 Å². The van der Waals surface area contributed by atoms with Crippen molar-refractivity contribution in [2.45, 2.75) is 6.54 Å². The third-order valence-electron chi connectivity index (χ3n) is 3.65. The Morgan fingerprint density at radius 1 is 1.21 bits per heavy atom. The molecule has 1 aromatic heterocycles. The van der Waals surface area contributed by atoms with E-state index in [0.29, 0.717) is 28.0 Å². The van der Waals surface area contributed by atoms with Crippen LogP contribution in [0.5, 0.6) is 0 Å². The number of methoxy groups -OCH3 is 1. The summed E-state index contributed by atoms with van der Waals surface area (Å²) in [4.78, 5) is 16.3. The van der Waals surface area contributed by atoms with E-state index in [2.05, 4.69) is 4.98 Å². The van der Waals surface area contributed by atoms with Crippen LogP contribution < -0.4 is 0 Å². The Kier molecular flexibility index (Phi) is 4.88. The number of rotatable bonds is 4. The molecule has 3 rings (SSSR count). The monoisotopic (exact) mass is 360 g/mol. The number of carbonyl (C=O) groups is 1. The lowest BCUT2D eigenvalue weighted by Gasteiger charge is -2.12. The second kappa shape index (κ2) is 7.07. The summed E-state index contributed by atoms with van der Waals surface area (Å²) >= 11 is 12.2. The van der Waals surface area contributed by atoms with Crippen LogP contribution in [0.1, 0.15) is 15.9 Å². The second-order valence-corrected chi connectivity index (χ2v) is 6.00. The van der Waals surface area contributed by atoms with Crippen molar-refractivity contribution in [2.24, 2.45) is 0 Å². The molecule has 0 saturated carbocycles. The minimum Gasteiger partial charge on any atom is -0.465 e. The summed E-state index contributed by atoms with van der Waals surface area (Å²) in [6.07, 6.45) is 3.54. The van der Waals surface area contributed by atoms with Gasteiger partial charge in [0.05, 0.1) is 17.7 Å². The molecule has 0 bridgehead atoms. The van der Waals surface area contributed by atoms with E-state index in [1.807, 2.05) is 29.0 Å². The highest BCUT2D eigenvalue weighted by Gasteiger charge is 2.15. The fourth-order valence-electron chi connectivity index (χ4n) is 2.50. The van der Waals surface area contributed by atoms with E-state index in [-0.39, 0.29) is 5.97 Å². The van der Waals surface area contributed by atoms with Gasteiger partial charge in [-0.1, -0.05) is 41.4 Å². The van der Waals surface area contributed by atoms with Crippen LogP contribution in [-0.2, 0) is 11.3 Å². The zero-order valence-electron chi connectivity index (χ0n) is 12.9. The van der Waals surface area contributed by atoms with Gasteiger partial charge in [0.25, 0.3) is 0 Å². The number of ether oxygens (including phenoxy) is 1. The molecule has 3 aromatic rings. The van der Waals surface area contributed by atoms with Gasteiger partial charge >= 0.3 is 5.97 Å². The first-order valence-electron chi connectivity index (χ1n) is 7.23. The molecule has 2 aromatic carbocycles. The number of imidazole rings is 1. The summed E-state index contributed by atoms with van der Waals surface area (Å²) in [6.45, 7) is 0.472. The summed E-state index contributed by atoms with van der Waals surface area (Å²) in [6, 6.07) is 12.6. The van der Waals surface area contributed by atoms with Crippen molar-refractivity contribution in [3.63, 3.8) is 0 Å². The minimum atomic E-state index is -0.364. The summed E-state index contributed by atoms with van der Waals surface area (Å²) in [5.74, 6) is 0.341. The van der Waals surface area contributed by atoms with Gasteiger partial charge in [0.2, 0.25) is 0 Å². The maximum absolute atomic E-state index is 11.9. The van der Waals surface area contributed by atoms with Crippen LogP contribution in [0, 0.1) is 0 Å². The Bertz CT molecular complexity index is 890. The summed E-state index contributed by atoms with van der Waals surface area (Å²) < 4.78 is 6.77. The topological polar surface area (TPSA) is 44.1 Å². The molecule has 0 aliphatic carbocycles. The molecule has 0 unspecified atom stereocenters. The highest BCUT2D eigenvalue weighted by molar-refractivity contribution is 6.36. The Morgan fingerprint density at radius 3 is 2.75 bits per heavy atom. The molecule has 0 amide bonds. The molecular weight excluding hydrogens is 347 g/mol. The van der Waals surface area contributed by atoms with Crippen molar-refractivity contribution in [2.75, 3.05) is 7.11 Å². The number of carbonyl (C=O) groups excluding carboxylic acids is 1. The first-order chi connectivity index (χ1) is 11.6. The molecule has 0 aliphatic rings. The van der Waals surface area contributed by atoms with Gasteiger partial charge < -0.3 is 9.30 Å². The van der Waals surface area contributed by atoms with Gasteiger partial charge in [-0.15, -0.1) is 0 Å². The lowest BCUT2D eigenvalue weighted by atomic mass is 10.1. The van der Waals surface area contributed by atoms with Gasteiger partial charge in [0, 0.05) is 29.5 Å².